The molecule has 3 N–H and O–H groups in total. The predicted octanol–water partition coefficient (Wildman–Crippen LogP) is 4.50. The lowest BCUT2D eigenvalue weighted by molar-refractivity contribution is -0.110. The first kappa shape index (κ1) is 30.5. The molecule has 3 aromatic carbocycles. The summed E-state index contributed by atoms with van der Waals surface area (Å²) in [4.78, 5) is 13.4. The lowest BCUT2D eigenvalue weighted by Gasteiger charge is -2.23. The van der Waals surface area contributed by atoms with E-state index in [1.54, 1.807) is 63.4 Å². The van der Waals surface area contributed by atoms with Crippen molar-refractivity contribution in [1.82, 2.24) is 5.32 Å². The second-order valence-corrected chi connectivity index (χ2v) is 13.2. The van der Waals surface area contributed by atoms with Gasteiger partial charge < -0.3 is 25.0 Å². The Bertz CT molecular complexity index is 1570. The van der Waals surface area contributed by atoms with Gasteiger partial charge in [-0.3, -0.25) is 13.7 Å². The zero-order valence-electron chi connectivity index (χ0n) is 23.5. The van der Waals surface area contributed by atoms with Crippen molar-refractivity contribution < 1.29 is 26.8 Å². The Kier molecular flexibility index (Phi) is 9.68. The molecule has 0 spiro atoms. The highest BCUT2D eigenvalue weighted by molar-refractivity contribution is 7.92. The fourth-order valence-corrected chi connectivity index (χ4v) is 7.06. The number of amides is 1. The zero-order valence-corrected chi connectivity index (χ0v) is 25.2. The van der Waals surface area contributed by atoms with Gasteiger partial charge in [0.05, 0.1) is 41.7 Å². The minimum absolute atomic E-state index is 0.201. The molecular formula is C29H35N4O6PS. The molecule has 0 saturated heterocycles. The molecule has 3 aromatic rings. The Morgan fingerprint density at radius 2 is 1.63 bits per heavy atom. The van der Waals surface area contributed by atoms with Crippen molar-refractivity contribution >= 4 is 57.2 Å². The van der Waals surface area contributed by atoms with Crippen LogP contribution in [0.1, 0.15) is 25.0 Å². The molecule has 0 bridgehead atoms. The molecule has 1 aliphatic heterocycles. The van der Waals surface area contributed by atoms with Crippen LogP contribution in [0.5, 0.6) is 0 Å². The van der Waals surface area contributed by atoms with Gasteiger partial charge in [0.1, 0.15) is 0 Å². The average Bonchev–Trinajstić information content (AvgIpc) is 3.27. The van der Waals surface area contributed by atoms with Gasteiger partial charge in [-0.05, 0) is 68.9 Å². The van der Waals surface area contributed by atoms with Crippen LogP contribution in [0.25, 0.3) is 11.3 Å². The number of likely N-dealkylation sites (N-methyl/N-ethyl adjacent to an activating group) is 1. The van der Waals surface area contributed by atoms with Crippen LogP contribution in [-0.4, -0.2) is 53.9 Å². The van der Waals surface area contributed by atoms with E-state index in [-0.39, 0.29) is 25.7 Å². The van der Waals surface area contributed by atoms with Gasteiger partial charge in [-0.1, -0.05) is 30.3 Å². The number of hydrogen-bond acceptors (Lipinski definition) is 8. The van der Waals surface area contributed by atoms with Crippen molar-refractivity contribution in [3.63, 3.8) is 0 Å². The number of sulfonamides is 1. The van der Waals surface area contributed by atoms with E-state index in [1.165, 1.54) is 10.6 Å². The van der Waals surface area contributed by atoms with Crippen LogP contribution < -0.4 is 25.6 Å². The molecule has 0 fully saturated rings. The van der Waals surface area contributed by atoms with Crippen LogP contribution in [0.2, 0.25) is 0 Å². The quantitative estimate of drug-likeness (QED) is 0.194. The molecule has 1 amide bonds. The third-order valence-corrected chi connectivity index (χ3v) is 9.67. The van der Waals surface area contributed by atoms with Crippen molar-refractivity contribution in [2.75, 3.05) is 54.5 Å². The van der Waals surface area contributed by atoms with Gasteiger partial charge in [0.15, 0.2) is 0 Å². The van der Waals surface area contributed by atoms with Gasteiger partial charge in [-0.15, -0.1) is 0 Å². The third-order valence-electron chi connectivity index (χ3n) is 6.36. The summed E-state index contributed by atoms with van der Waals surface area (Å²) in [7, 11) is -5.31. The number of fused-ring (bicyclic) bond motifs is 1. The molecular weight excluding hydrogens is 563 g/mol. The summed E-state index contributed by atoms with van der Waals surface area (Å²) in [6.07, 6.45) is 1.17. The highest BCUT2D eigenvalue weighted by Crippen LogP contribution is 2.48. The van der Waals surface area contributed by atoms with Crippen LogP contribution >= 0.6 is 7.60 Å². The molecule has 0 aliphatic carbocycles. The predicted molar refractivity (Wildman–Crippen MR) is 165 cm³/mol. The van der Waals surface area contributed by atoms with E-state index < -0.39 is 17.6 Å². The van der Waals surface area contributed by atoms with Crippen molar-refractivity contribution in [2.24, 2.45) is 0 Å². The van der Waals surface area contributed by atoms with E-state index in [1.807, 2.05) is 30.3 Å². The minimum atomic E-state index is -3.60. The molecule has 4 rings (SSSR count). The smallest absolute Gasteiger partial charge is 0.354 e. The van der Waals surface area contributed by atoms with Crippen molar-refractivity contribution in [2.45, 2.75) is 13.8 Å². The van der Waals surface area contributed by atoms with Crippen LogP contribution in [0.15, 0.2) is 72.8 Å². The molecule has 1 heterocycles. The molecule has 218 valence electrons. The Labute approximate surface area is 241 Å². The molecule has 1 aliphatic rings. The number of rotatable bonds is 13. The van der Waals surface area contributed by atoms with E-state index in [4.69, 9.17) is 9.05 Å². The van der Waals surface area contributed by atoms with Crippen molar-refractivity contribution in [3.8, 4) is 0 Å². The normalized spacial score (nSPS) is 14.4. The molecule has 0 radical (unpaired) electrons. The molecule has 0 saturated carbocycles. The fraction of sp³-hybridized carbons (Fsp3) is 0.276. The van der Waals surface area contributed by atoms with Crippen LogP contribution in [0, 0.1) is 0 Å². The summed E-state index contributed by atoms with van der Waals surface area (Å²) < 4.78 is 50.7. The lowest BCUT2D eigenvalue weighted by Crippen LogP contribution is -2.35. The summed E-state index contributed by atoms with van der Waals surface area (Å²) in [5.41, 5.74) is 3.96. The number of hydrogen-bond donors (Lipinski definition) is 3. The van der Waals surface area contributed by atoms with Gasteiger partial charge in [0.25, 0.3) is 5.91 Å². The van der Waals surface area contributed by atoms with Crippen LogP contribution in [0.3, 0.4) is 0 Å². The third kappa shape index (κ3) is 6.89. The summed E-state index contributed by atoms with van der Waals surface area (Å²) in [6, 6.07) is 21.4. The second kappa shape index (κ2) is 13.0. The molecule has 10 nitrogen and oxygen atoms in total. The SMILES string of the molecule is CCOP(=O)(OCC)c1ccc2c(c1)C(=C(Nc1ccc(N(CCNC)S(C)(=O)=O)cc1)c1ccccc1)C(=O)N2. The maximum Gasteiger partial charge on any atom is 0.361 e. The number of anilines is 3. The van der Waals surface area contributed by atoms with E-state index in [9.17, 15) is 17.8 Å². The summed E-state index contributed by atoms with van der Waals surface area (Å²) in [5, 5.41) is 9.60. The standard InChI is InChI=1S/C29H35N4O6PS/c1-5-38-40(35,39-6-2)24-16-17-26-25(20-24)27(29(34)32-26)28(21-10-8-7-9-11-21)31-22-12-14-23(15-13-22)33(19-18-30-3)41(4,36)37/h7-17,20,30-31H,5-6,18-19H2,1-4H3,(H,32,34). The lowest BCUT2D eigenvalue weighted by atomic mass is 10.00. The Morgan fingerprint density at radius 1 is 0.976 bits per heavy atom. The fourth-order valence-electron chi connectivity index (χ4n) is 4.54. The largest absolute Gasteiger partial charge is 0.361 e. The van der Waals surface area contributed by atoms with Crippen molar-refractivity contribution in [3.05, 3.63) is 83.9 Å². The zero-order chi connectivity index (χ0) is 29.6. The van der Waals surface area contributed by atoms with E-state index in [0.717, 1.165) is 5.56 Å². The highest BCUT2D eigenvalue weighted by atomic mass is 32.2. The van der Waals surface area contributed by atoms with E-state index in [0.29, 0.717) is 45.7 Å². The van der Waals surface area contributed by atoms with Gasteiger partial charge in [0.2, 0.25) is 10.0 Å². The molecule has 0 unspecified atom stereocenters. The van der Waals surface area contributed by atoms with Gasteiger partial charge in [-0.2, -0.15) is 0 Å². The topological polar surface area (TPSA) is 126 Å². The van der Waals surface area contributed by atoms with Gasteiger partial charge in [0, 0.05) is 30.0 Å². The number of nitrogens with one attached hydrogen (secondary N) is 3. The maximum atomic E-state index is 13.5. The molecule has 41 heavy (non-hydrogen) atoms. The molecule has 0 atom stereocenters. The number of carbonyl (C=O) groups is 1. The highest BCUT2D eigenvalue weighted by Gasteiger charge is 2.33. The molecule has 12 heteroatoms. The van der Waals surface area contributed by atoms with E-state index in [2.05, 4.69) is 16.0 Å². The number of nitrogens with zero attached hydrogens (tertiary/aromatic N) is 1. The first-order valence-corrected chi connectivity index (χ1v) is 16.6. The Balaban J connectivity index is 1.80. The van der Waals surface area contributed by atoms with Gasteiger partial charge in [-0.25, -0.2) is 8.42 Å². The maximum absolute atomic E-state index is 13.5. The Hall–Kier alpha value is -3.47. The van der Waals surface area contributed by atoms with E-state index >= 15 is 0 Å². The average molecular weight is 599 g/mol. The minimum Gasteiger partial charge on any atom is -0.354 e. The van der Waals surface area contributed by atoms with Crippen LogP contribution in [0.4, 0.5) is 17.1 Å². The van der Waals surface area contributed by atoms with Gasteiger partial charge >= 0.3 is 7.60 Å². The summed E-state index contributed by atoms with van der Waals surface area (Å²) in [5.74, 6) is -0.321. The monoisotopic (exact) mass is 598 g/mol. The summed E-state index contributed by atoms with van der Waals surface area (Å²) in [6.45, 7) is 4.67. The van der Waals surface area contributed by atoms with Crippen molar-refractivity contribution in [1.29, 1.82) is 0 Å². The second-order valence-electron chi connectivity index (χ2n) is 9.24. The molecule has 0 aromatic heterocycles. The number of benzene rings is 3. The summed E-state index contributed by atoms with van der Waals surface area (Å²) >= 11 is 0. The number of carbonyl (C=O) groups excluding carboxylic acids is 1. The Morgan fingerprint density at radius 3 is 2.22 bits per heavy atom. The van der Waals surface area contributed by atoms with Crippen LogP contribution in [-0.2, 0) is 28.4 Å². The first-order valence-electron chi connectivity index (χ1n) is 13.3. The first-order chi connectivity index (χ1) is 19.6.